The predicted octanol–water partition coefficient (Wildman–Crippen LogP) is 2.24. The molecular weight excluding hydrogens is 524 g/mol. The van der Waals surface area contributed by atoms with Crippen LogP contribution in [0.25, 0.3) is 11.3 Å². The smallest absolute Gasteiger partial charge is 0.287 e. The molecule has 1 atom stereocenters. The second kappa shape index (κ2) is 11.6. The van der Waals surface area contributed by atoms with Crippen LogP contribution in [0.4, 0.5) is 17.5 Å². The van der Waals surface area contributed by atoms with E-state index in [1.54, 1.807) is 36.5 Å². The maximum absolute atomic E-state index is 12.3. The Hall–Kier alpha value is -4.95. The van der Waals surface area contributed by atoms with Gasteiger partial charge in [0.25, 0.3) is 5.69 Å². The second-order valence-corrected chi connectivity index (χ2v) is 9.91. The number of nitrogens with two attached hydrogens (primary N) is 2. The third kappa shape index (κ3) is 6.88. The molecule has 0 saturated carbocycles. The van der Waals surface area contributed by atoms with Crippen LogP contribution in [0.1, 0.15) is 17.0 Å². The normalized spacial score (nSPS) is 11.9. The summed E-state index contributed by atoms with van der Waals surface area (Å²) in [5.74, 6) is -0.460. The van der Waals surface area contributed by atoms with Crippen molar-refractivity contribution >= 4 is 33.4 Å². The van der Waals surface area contributed by atoms with Crippen molar-refractivity contribution in [3.05, 3.63) is 100 Å². The number of pyridine rings is 1. The fourth-order valence-corrected chi connectivity index (χ4v) is 4.30. The number of sulfonamides is 1. The van der Waals surface area contributed by atoms with E-state index in [-0.39, 0.29) is 10.6 Å². The summed E-state index contributed by atoms with van der Waals surface area (Å²) in [5.41, 5.74) is 8.18. The lowest BCUT2D eigenvalue weighted by molar-refractivity contribution is -0.385. The number of anilines is 2. The summed E-state index contributed by atoms with van der Waals surface area (Å²) in [6, 6.07) is 17.5. The Morgan fingerprint density at radius 3 is 2.13 bits per heavy atom. The minimum Gasteiger partial charge on any atom is -0.369 e. The average Bonchev–Trinajstić information content (AvgIpc) is 2.92. The third-order valence-electron chi connectivity index (χ3n) is 5.69. The van der Waals surface area contributed by atoms with Crippen molar-refractivity contribution < 1.29 is 18.1 Å². The van der Waals surface area contributed by atoms with Gasteiger partial charge in [0.1, 0.15) is 12.0 Å². The number of aromatic nitrogens is 3. The minimum atomic E-state index is -3.85. The Kier molecular flexibility index (Phi) is 8.07. The van der Waals surface area contributed by atoms with E-state index in [0.29, 0.717) is 41.7 Å². The van der Waals surface area contributed by atoms with Gasteiger partial charge in [-0.3, -0.25) is 14.9 Å². The zero-order valence-electron chi connectivity index (χ0n) is 20.4. The van der Waals surface area contributed by atoms with E-state index in [4.69, 9.17) is 10.9 Å². The van der Waals surface area contributed by atoms with Crippen molar-refractivity contribution in [3.8, 4) is 11.3 Å². The number of nitro groups is 1. The van der Waals surface area contributed by atoms with Gasteiger partial charge < -0.3 is 16.4 Å². The summed E-state index contributed by atoms with van der Waals surface area (Å²) in [4.78, 5) is 35.1. The number of carbonyl (C=O) groups excluding carboxylic acids is 1. The predicted molar refractivity (Wildman–Crippen MR) is 144 cm³/mol. The van der Waals surface area contributed by atoms with E-state index in [9.17, 15) is 23.3 Å². The highest BCUT2D eigenvalue weighted by molar-refractivity contribution is 7.89. The Balaban J connectivity index is 1.40. The number of amides is 1. The van der Waals surface area contributed by atoms with Crippen LogP contribution in [-0.4, -0.2) is 47.3 Å². The number of rotatable bonds is 11. The molecule has 4 aromatic rings. The van der Waals surface area contributed by atoms with Crippen LogP contribution in [-0.2, 0) is 14.8 Å². The molecule has 0 bridgehead atoms. The molecule has 39 heavy (non-hydrogen) atoms. The zero-order chi connectivity index (χ0) is 28.0. The molecule has 0 aliphatic carbocycles. The van der Waals surface area contributed by atoms with Gasteiger partial charge in [0, 0.05) is 30.9 Å². The molecule has 13 nitrogen and oxygen atoms in total. The van der Waals surface area contributed by atoms with Crippen LogP contribution in [0.15, 0.2) is 84.0 Å². The van der Waals surface area contributed by atoms with Crippen LogP contribution in [0, 0.1) is 10.1 Å². The van der Waals surface area contributed by atoms with Crippen molar-refractivity contribution in [2.75, 3.05) is 23.7 Å². The van der Waals surface area contributed by atoms with Gasteiger partial charge >= 0.3 is 0 Å². The number of primary sulfonamides is 1. The van der Waals surface area contributed by atoms with Crippen LogP contribution < -0.4 is 21.5 Å². The summed E-state index contributed by atoms with van der Waals surface area (Å²) in [6.07, 6.45) is 2.80. The molecule has 14 heteroatoms. The molecule has 1 amide bonds. The van der Waals surface area contributed by atoms with Gasteiger partial charge in [0.05, 0.1) is 21.4 Å². The lowest BCUT2D eigenvalue weighted by atomic mass is 9.90. The largest absolute Gasteiger partial charge is 0.369 e. The molecule has 2 heterocycles. The number of nitrogens with one attached hydrogen (secondary N) is 2. The standard InChI is InChI=1S/C25H24N8O5S/c26-24(34)23(18-5-8-20(9-6-18)39(27,37)38)17-3-1-16(2-4-17)21-11-12-29-25(32-21)30-14-13-28-22-10-7-19(15-31-22)33(35)36/h1-12,15,23H,13-14H2,(H2,26,34)(H,28,31)(H2,27,37,38)(H,29,30,32). The zero-order valence-corrected chi connectivity index (χ0v) is 21.2. The third-order valence-corrected chi connectivity index (χ3v) is 6.62. The van der Waals surface area contributed by atoms with Crippen LogP contribution in [0.5, 0.6) is 0 Å². The van der Waals surface area contributed by atoms with Crippen LogP contribution in [0.3, 0.4) is 0 Å². The molecule has 2 aromatic heterocycles. The van der Waals surface area contributed by atoms with Gasteiger partial charge in [-0.2, -0.15) is 0 Å². The van der Waals surface area contributed by atoms with E-state index in [0.717, 1.165) is 5.56 Å². The number of nitrogens with zero attached hydrogens (tertiary/aromatic N) is 4. The number of hydrogen-bond acceptors (Lipinski definition) is 10. The fraction of sp³-hybridized carbons (Fsp3) is 0.120. The number of benzene rings is 2. The van der Waals surface area contributed by atoms with Crippen molar-refractivity contribution in [1.29, 1.82) is 0 Å². The lowest BCUT2D eigenvalue weighted by Gasteiger charge is -2.15. The van der Waals surface area contributed by atoms with Crippen molar-refractivity contribution in [2.45, 2.75) is 10.8 Å². The Morgan fingerprint density at radius 2 is 1.56 bits per heavy atom. The van der Waals surface area contributed by atoms with Crippen molar-refractivity contribution in [3.63, 3.8) is 0 Å². The topological polar surface area (TPSA) is 209 Å². The van der Waals surface area contributed by atoms with Crippen LogP contribution in [0.2, 0.25) is 0 Å². The Morgan fingerprint density at radius 1 is 0.923 bits per heavy atom. The molecule has 0 aliphatic heterocycles. The maximum Gasteiger partial charge on any atom is 0.287 e. The van der Waals surface area contributed by atoms with E-state index >= 15 is 0 Å². The molecule has 0 aliphatic rings. The summed E-state index contributed by atoms with van der Waals surface area (Å²) in [7, 11) is -3.85. The fourth-order valence-electron chi connectivity index (χ4n) is 3.79. The van der Waals surface area contributed by atoms with Gasteiger partial charge in [-0.05, 0) is 35.4 Å². The highest BCUT2D eigenvalue weighted by Crippen LogP contribution is 2.28. The lowest BCUT2D eigenvalue weighted by Crippen LogP contribution is -2.22. The highest BCUT2D eigenvalue weighted by atomic mass is 32.2. The quantitative estimate of drug-likeness (QED) is 0.122. The molecular formula is C25H24N8O5S. The number of primary amides is 1. The Labute approximate surface area is 223 Å². The van der Waals surface area contributed by atoms with Gasteiger partial charge in [-0.25, -0.2) is 28.5 Å². The molecule has 0 saturated heterocycles. The number of hydrogen-bond donors (Lipinski definition) is 4. The molecule has 2 aromatic carbocycles. The molecule has 4 rings (SSSR count). The molecule has 6 N–H and O–H groups in total. The van der Waals surface area contributed by atoms with Crippen molar-refractivity contribution in [2.24, 2.45) is 10.9 Å². The van der Waals surface area contributed by atoms with Crippen LogP contribution >= 0.6 is 0 Å². The van der Waals surface area contributed by atoms with E-state index in [1.807, 2.05) is 0 Å². The highest BCUT2D eigenvalue weighted by Gasteiger charge is 2.21. The molecule has 0 radical (unpaired) electrons. The average molecular weight is 549 g/mol. The summed E-state index contributed by atoms with van der Waals surface area (Å²) >= 11 is 0. The monoisotopic (exact) mass is 548 g/mol. The summed E-state index contributed by atoms with van der Waals surface area (Å²) in [6.45, 7) is 0.936. The molecule has 0 fully saturated rings. The first-order valence-corrected chi connectivity index (χ1v) is 13.1. The number of carbonyl (C=O) groups is 1. The molecule has 1 unspecified atom stereocenters. The van der Waals surface area contributed by atoms with Crippen molar-refractivity contribution in [1.82, 2.24) is 15.0 Å². The molecule has 0 spiro atoms. The van der Waals surface area contributed by atoms with Gasteiger partial charge in [0.15, 0.2) is 0 Å². The van der Waals surface area contributed by atoms with Gasteiger partial charge in [-0.15, -0.1) is 0 Å². The summed E-state index contributed by atoms with van der Waals surface area (Å²) < 4.78 is 23.0. The molecule has 200 valence electrons. The SMILES string of the molecule is NC(=O)C(c1ccc(-c2ccnc(NCCNc3ccc([N+](=O)[O-])cn3)n2)cc1)c1ccc(S(N)(=O)=O)cc1. The van der Waals surface area contributed by atoms with Gasteiger partial charge in [0.2, 0.25) is 21.9 Å². The second-order valence-electron chi connectivity index (χ2n) is 8.35. The van der Waals surface area contributed by atoms with E-state index in [1.165, 1.54) is 42.6 Å². The van der Waals surface area contributed by atoms with E-state index < -0.39 is 26.8 Å². The van der Waals surface area contributed by atoms with Gasteiger partial charge in [-0.1, -0.05) is 36.4 Å². The minimum absolute atomic E-state index is 0.0585. The Bertz CT molecular complexity index is 1580. The maximum atomic E-state index is 12.3. The van der Waals surface area contributed by atoms with E-state index in [2.05, 4.69) is 25.6 Å². The summed E-state index contributed by atoms with van der Waals surface area (Å²) in [5, 5.41) is 22.0. The first-order chi connectivity index (χ1) is 18.6. The first-order valence-electron chi connectivity index (χ1n) is 11.6. The first kappa shape index (κ1) is 27.1.